The van der Waals surface area contributed by atoms with Crippen LogP contribution in [0.1, 0.15) is 83.6 Å². The van der Waals surface area contributed by atoms with Gasteiger partial charge in [-0.25, -0.2) is 8.42 Å². The number of rotatable bonds is 24. The van der Waals surface area contributed by atoms with Crippen molar-refractivity contribution in [3.8, 4) is 11.5 Å². The highest BCUT2D eigenvalue weighted by Gasteiger charge is 2.66. The van der Waals surface area contributed by atoms with Crippen molar-refractivity contribution in [2.24, 2.45) is 22.9 Å². The van der Waals surface area contributed by atoms with E-state index in [0.29, 0.717) is 55.4 Å². The lowest BCUT2D eigenvalue weighted by Gasteiger charge is -2.59. The zero-order chi connectivity index (χ0) is 44.1. The Morgan fingerprint density at radius 1 is 1.03 bits per heavy atom. The fourth-order valence-electron chi connectivity index (χ4n) is 9.40. The number of hydrogen-bond donors (Lipinski definition) is 3. The Morgan fingerprint density at radius 3 is 2.45 bits per heavy atom. The zero-order valence-electron chi connectivity index (χ0n) is 36.2. The third kappa shape index (κ3) is 10.8. The molecule has 1 amide bonds. The molecule has 1 saturated carbocycles. The topological polar surface area (TPSA) is 156 Å². The Bertz CT molecular complexity index is 2110. The summed E-state index contributed by atoms with van der Waals surface area (Å²) in [6.45, 7) is 10.4. The normalized spacial score (nSPS) is 23.5. The molecule has 3 aliphatic rings. The number of anilines is 1. The molecule has 62 heavy (non-hydrogen) atoms. The van der Waals surface area contributed by atoms with E-state index < -0.39 is 27.8 Å². The zero-order valence-corrected chi connectivity index (χ0v) is 37.9. The van der Waals surface area contributed by atoms with Gasteiger partial charge >= 0.3 is 0 Å². The number of thioether (sulfide) groups is 1. The lowest BCUT2D eigenvalue weighted by molar-refractivity contribution is -0.251. The number of carbonyl (C=O) groups is 1. The first-order valence-electron chi connectivity index (χ1n) is 22.0. The number of fused-ring (bicyclic) bond motifs is 2. The summed E-state index contributed by atoms with van der Waals surface area (Å²) in [6.07, 6.45) is 9.09. The summed E-state index contributed by atoms with van der Waals surface area (Å²) in [5.41, 5.74) is 2.98. The molecule has 2 aliphatic carbocycles. The van der Waals surface area contributed by atoms with Crippen molar-refractivity contribution in [2.45, 2.75) is 99.7 Å². The van der Waals surface area contributed by atoms with Crippen molar-refractivity contribution in [2.75, 3.05) is 50.6 Å². The van der Waals surface area contributed by atoms with Crippen LogP contribution in [0.2, 0.25) is 0 Å². The van der Waals surface area contributed by atoms with Gasteiger partial charge in [0.15, 0.2) is 0 Å². The molecular weight excluding hydrogens is 827 g/mol. The lowest BCUT2D eigenvalue weighted by Crippen LogP contribution is -2.70. The van der Waals surface area contributed by atoms with E-state index in [1.54, 1.807) is 30.0 Å². The van der Waals surface area contributed by atoms with Gasteiger partial charge in [-0.3, -0.25) is 4.79 Å². The van der Waals surface area contributed by atoms with E-state index in [4.69, 9.17) is 24.2 Å². The van der Waals surface area contributed by atoms with Crippen LogP contribution >= 0.6 is 11.8 Å². The lowest BCUT2D eigenvalue weighted by atomic mass is 9.55. The number of benzene rings is 3. The number of hydrogen-bond acceptors (Lipinski definition) is 11. The molecule has 14 heteroatoms. The maximum atomic E-state index is 15.1. The molecular formula is C48H63N3O9S2. The molecule has 0 unspecified atom stereocenters. The molecule has 0 aromatic heterocycles. The molecule has 1 heterocycles. The number of sulfonamides is 1. The first kappa shape index (κ1) is 47.3. The van der Waals surface area contributed by atoms with Gasteiger partial charge in [-0.05, 0) is 111 Å². The Hall–Kier alpha value is -4.18. The number of unbranched alkanes of at least 4 members (excludes halogenated alkanes) is 2. The van der Waals surface area contributed by atoms with E-state index in [1.807, 2.05) is 44.2 Å². The van der Waals surface area contributed by atoms with Crippen molar-refractivity contribution in [3.05, 3.63) is 103 Å². The van der Waals surface area contributed by atoms with E-state index in [2.05, 4.69) is 36.2 Å². The molecule has 3 aromatic rings. The van der Waals surface area contributed by atoms with Gasteiger partial charge in [0.1, 0.15) is 18.1 Å². The highest BCUT2D eigenvalue weighted by atomic mass is 32.2. The Balaban J connectivity index is 1.53. The molecule has 3 N–H and O–H groups in total. The summed E-state index contributed by atoms with van der Waals surface area (Å²) in [5.74, 6) is -0.454. The molecule has 336 valence electrons. The Kier molecular flexibility index (Phi) is 17.1. The summed E-state index contributed by atoms with van der Waals surface area (Å²) in [6, 6.07) is 21.4. The Labute approximate surface area is 371 Å². The van der Waals surface area contributed by atoms with Crippen LogP contribution in [0.3, 0.4) is 0 Å². The summed E-state index contributed by atoms with van der Waals surface area (Å²) < 4.78 is 52.5. The Morgan fingerprint density at radius 2 is 1.77 bits per heavy atom. The fourth-order valence-corrected chi connectivity index (χ4v) is 11.9. The SMILES string of the molecule is C=CCO[C@@]12Oc3ccc(OCCSc4ccccc4)cc3[C@H]3[C@H](CCCCO)[C@@H](CCCCO)C=C(C(=NOCC)C[C@@H]1N(CCC)S(=O)(=O)c1ccc(NC(C)=O)cc1)[C@H]32. The molecule has 1 aliphatic heterocycles. The summed E-state index contributed by atoms with van der Waals surface area (Å²) in [4.78, 5) is 18.9. The molecule has 3 aromatic carbocycles. The standard InChI is InChI=1S/C48H63N3O9S2/c1-5-25-51(62(55,56)39-22-19-36(20-23-39)49-34(4)54)45-33-43(50-59-7-3)41-31-35(15-11-13-26-52)40(18-12-14-27-53)46-42-32-37(57-29-30-61-38-16-9-8-10-17-38)21-24-44(42)60-48(45,47(41)46)58-28-6-2/h6,8-10,16-17,19-24,31-32,35,40,45-47,52-53H,2,5,7,11-15,18,25-30,33H2,1,3-4H3,(H,49,54)/t35-,40+,45-,46+,47+,48+/m0/s1. The molecule has 0 radical (unpaired) electrons. The van der Waals surface area contributed by atoms with Crippen LogP contribution in [-0.4, -0.2) is 91.7 Å². The van der Waals surface area contributed by atoms with Crippen LogP contribution in [0.5, 0.6) is 11.5 Å². The van der Waals surface area contributed by atoms with Gasteiger partial charge in [0.25, 0.3) is 0 Å². The first-order chi connectivity index (χ1) is 30.1. The van der Waals surface area contributed by atoms with Gasteiger partial charge in [0.05, 0.1) is 35.8 Å². The smallest absolute Gasteiger partial charge is 0.243 e. The maximum absolute atomic E-state index is 15.1. The molecule has 6 atom stereocenters. The van der Waals surface area contributed by atoms with Gasteiger partial charge in [0, 0.05) is 60.9 Å². The van der Waals surface area contributed by atoms with E-state index in [9.17, 15) is 15.0 Å². The van der Waals surface area contributed by atoms with E-state index in [0.717, 1.165) is 42.6 Å². The van der Waals surface area contributed by atoms with Gasteiger partial charge < -0.3 is 34.6 Å². The summed E-state index contributed by atoms with van der Waals surface area (Å²) in [7, 11) is -4.22. The maximum Gasteiger partial charge on any atom is 0.243 e. The molecule has 1 fully saturated rings. The number of oxime groups is 1. The van der Waals surface area contributed by atoms with Crippen molar-refractivity contribution in [3.63, 3.8) is 0 Å². The number of nitrogens with zero attached hydrogens (tertiary/aromatic N) is 2. The van der Waals surface area contributed by atoms with Gasteiger partial charge in [0.2, 0.25) is 21.7 Å². The number of aliphatic hydroxyl groups excluding tert-OH is 2. The minimum absolute atomic E-state index is 0.0249. The van der Waals surface area contributed by atoms with Crippen molar-refractivity contribution in [1.82, 2.24) is 4.31 Å². The van der Waals surface area contributed by atoms with E-state index in [1.165, 1.54) is 28.3 Å². The van der Waals surface area contributed by atoms with E-state index >= 15 is 8.42 Å². The summed E-state index contributed by atoms with van der Waals surface area (Å²) in [5, 5.41) is 27.3. The number of amides is 1. The van der Waals surface area contributed by atoms with Crippen LogP contribution in [0.4, 0.5) is 5.69 Å². The average Bonchev–Trinajstić information content (AvgIpc) is 3.27. The second-order valence-corrected chi connectivity index (χ2v) is 19.1. The quantitative estimate of drug-likeness (QED) is 0.0345. The van der Waals surface area contributed by atoms with Crippen molar-refractivity contribution in [1.29, 1.82) is 0 Å². The minimum Gasteiger partial charge on any atom is -0.493 e. The molecule has 0 spiro atoms. The minimum atomic E-state index is -4.22. The third-order valence-corrected chi connectivity index (χ3v) is 14.8. The van der Waals surface area contributed by atoms with Crippen molar-refractivity contribution < 1.29 is 42.5 Å². The fraction of sp³-hybridized carbons (Fsp3) is 0.500. The second-order valence-electron chi connectivity index (χ2n) is 16.0. The van der Waals surface area contributed by atoms with E-state index in [-0.39, 0.29) is 61.3 Å². The van der Waals surface area contributed by atoms with Crippen molar-refractivity contribution >= 4 is 39.1 Å². The number of aliphatic hydroxyl groups is 2. The number of nitrogens with one attached hydrogen (secondary N) is 1. The van der Waals surface area contributed by atoms with Gasteiger partial charge in [-0.2, -0.15) is 4.31 Å². The molecule has 6 rings (SSSR count). The third-order valence-electron chi connectivity index (χ3n) is 11.9. The number of ether oxygens (including phenoxy) is 3. The van der Waals surface area contributed by atoms with Crippen LogP contribution in [0, 0.1) is 17.8 Å². The highest BCUT2D eigenvalue weighted by Crippen LogP contribution is 2.62. The average molecular weight is 890 g/mol. The monoisotopic (exact) mass is 889 g/mol. The van der Waals surface area contributed by atoms with Crippen LogP contribution in [0.25, 0.3) is 0 Å². The predicted octanol–water partition coefficient (Wildman–Crippen LogP) is 8.57. The number of carbonyl (C=O) groups excluding carboxylic acids is 1. The molecule has 0 saturated heterocycles. The van der Waals surface area contributed by atoms with Crippen LogP contribution in [0.15, 0.2) is 112 Å². The molecule has 12 nitrogen and oxygen atoms in total. The summed E-state index contributed by atoms with van der Waals surface area (Å²) >= 11 is 1.73. The number of allylic oxidation sites excluding steroid dienone is 1. The van der Waals surface area contributed by atoms with Crippen LogP contribution < -0.4 is 14.8 Å². The van der Waals surface area contributed by atoms with Gasteiger partial charge in [-0.1, -0.05) is 55.3 Å². The highest BCUT2D eigenvalue weighted by molar-refractivity contribution is 7.99. The van der Waals surface area contributed by atoms with Crippen LogP contribution in [-0.2, 0) is 24.4 Å². The van der Waals surface area contributed by atoms with Gasteiger partial charge in [-0.15, -0.1) is 18.3 Å². The molecule has 0 bridgehead atoms. The first-order valence-corrected chi connectivity index (χ1v) is 24.4. The second kappa shape index (κ2) is 22.4. The largest absolute Gasteiger partial charge is 0.493 e. The predicted molar refractivity (Wildman–Crippen MR) is 244 cm³/mol.